The van der Waals surface area contributed by atoms with Crippen LogP contribution in [0, 0.1) is 0 Å². The van der Waals surface area contributed by atoms with Crippen molar-refractivity contribution < 1.29 is 19.1 Å². The minimum atomic E-state index is -0.271. The molecular weight excluding hydrogens is 404 g/mol. The topological polar surface area (TPSA) is 76.7 Å². The molecule has 0 unspecified atom stereocenters. The van der Waals surface area contributed by atoms with Gasteiger partial charge in [0.1, 0.15) is 11.5 Å². The van der Waals surface area contributed by atoms with Crippen molar-refractivity contribution in [1.29, 1.82) is 0 Å². The summed E-state index contributed by atoms with van der Waals surface area (Å²) in [5.74, 6) is 0.840. The van der Waals surface area contributed by atoms with Gasteiger partial charge < -0.3 is 20.1 Å². The van der Waals surface area contributed by atoms with E-state index in [2.05, 4.69) is 10.6 Å². The highest BCUT2D eigenvalue weighted by molar-refractivity contribution is 6.03. The second-order valence-corrected chi connectivity index (χ2v) is 6.71. The number of hydrogen-bond donors (Lipinski definition) is 2. The van der Waals surface area contributed by atoms with Gasteiger partial charge in [0.05, 0.1) is 14.2 Å². The first-order chi connectivity index (χ1) is 15.6. The lowest BCUT2D eigenvalue weighted by Crippen LogP contribution is -2.09. The van der Waals surface area contributed by atoms with Crippen molar-refractivity contribution in [2.75, 3.05) is 24.9 Å². The Balaban J connectivity index is 1.55. The number of para-hydroxylation sites is 2. The van der Waals surface area contributed by atoms with Gasteiger partial charge in [-0.2, -0.15) is 0 Å². The molecule has 3 aromatic carbocycles. The zero-order valence-corrected chi connectivity index (χ0v) is 17.9. The molecule has 0 saturated heterocycles. The summed E-state index contributed by atoms with van der Waals surface area (Å²) >= 11 is 0. The van der Waals surface area contributed by atoms with E-state index >= 15 is 0 Å². The molecule has 3 rings (SSSR count). The molecule has 0 atom stereocenters. The van der Waals surface area contributed by atoms with E-state index in [0.717, 1.165) is 11.1 Å². The third-order valence-electron chi connectivity index (χ3n) is 4.53. The molecule has 6 heteroatoms. The van der Waals surface area contributed by atoms with Gasteiger partial charge in [0.25, 0.3) is 0 Å². The van der Waals surface area contributed by atoms with E-state index in [1.807, 2.05) is 48.5 Å². The monoisotopic (exact) mass is 428 g/mol. The highest BCUT2D eigenvalue weighted by atomic mass is 16.5. The van der Waals surface area contributed by atoms with Gasteiger partial charge in [0, 0.05) is 34.7 Å². The van der Waals surface area contributed by atoms with Gasteiger partial charge in [-0.3, -0.25) is 9.59 Å². The Morgan fingerprint density at radius 2 is 1.00 bits per heavy atom. The number of amides is 2. The SMILES string of the molecule is COc1ccccc1C=CC(=O)Nc1ccc(NC(=O)C=Cc2ccccc2OC)cc1. The third-order valence-corrected chi connectivity index (χ3v) is 4.53. The van der Waals surface area contributed by atoms with Crippen molar-refractivity contribution in [3.63, 3.8) is 0 Å². The molecule has 0 bridgehead atoms. The fraction of sp³-hybridized carbons (Fsp3) is 0.0769. The van der Waals surface area contributed by atoms with Crippen LogP contribution in [-0.2, 0) is 9.59 Å². The van der Waals surface area contributed by atoms with Crippen molar-refractivity contribution in [1.82, 2.24) is 0 Å². The van der Waals surface area contributed by atoms with E-state index in [1.165, 1.54) is 12.2 Å². The van der Waals surface area contributed by atoms with Crippen molar-refractivity contribution in [3.8, 4) is 11.5 Å². The lowest BCUT2D eigenvalue weighted by atomic mass is 10.2. The summed E-state index contributed by atoms with van der Waals surface area (Å²) in [7, 11) is 3.17. The lowest BCUT2D eigenvalue weighted by Gasteiger charge is -2.06. The van der Waals surface area contributed by atoms with E-state index < -0.39 is 0 Å². The van der Waals surface area contributed by atoms with E-state index in [1.54, 1.807) is 50.6 Å². The number of benzene rings is 3. The molecule has 0 spiro atoms. The number of ether oxygens (including phenoxy) is 2. The molecule has 0 radical (unpaired) electrons. The average molecular weight is 428 g/mol. The van der Waals surface area contributed by atoms with Gasteiger partial charge in [-0.15, -0.1) is 0 Å². The molecule has 2 N–H and O–H groups in total. The Hall–Kier alpha value is -4.32. The van der Waals surface area contributed by atoms with Gasteiger partial charge >= 0.3 is 0 Å². The largest absolute Gasteiger partial charge is 0.496 e. The maximum Gasteiger partial charge on any atom is 0.248 e. The summed E-state index contributed by atoms with van der Waals surface area (Å²) in [6.07, 6.45) is 6.26. The van der Waals surface area contributed by atoms with Gasteiger partial charge in [0.2, 0.25) is 11.8 Å². The van der Waals surface area contributed by atoms with Crippen LogP contribution in [-0.4, -0.2) is 26.0 Å². The minimum Gasteiger partial charge on any atom is -0.496 e. The molecule has 0 saturated carbocycles. The summed E-state index contributed by atoms with van der Waals surface area (Å²) < 4.78 is 10.5. The van der Waals surface area contributed by atoms with Crippen LogP contribution in [0.25, 0.3) is 12.2 Å². The molecule has 32 heavy (non-hydrogen) atoms. The Morgan fingerprint density at radius 1 is 0.625 bits per heavy atom. The van der Waals surface area contributed by atoms with Crippen LogP contribution in [0.1, 0.15) is 11.1 Å². The van der Waals surface area contributed by atoms with E-state index in [-0.39, 0.29) is 11.8 Å². The average Bonchev–Trinajstić information content (AvgIpc) is 2.83. The summed E-state index contributed by atoms with van der Waals surface area (Å²) in [4.78, 5) is 24.4. The molecule has 0 fully saturated rings. The van der Waals surface area contributed by atoms with E-state index in [0.29, 0.717) is 22.9 Å². The number of carbonyl (C=O) groups excluding carboxylic acids is 2. The Morgan fingerprint density at radius 3 is 1.38 bits per heavy atom. The van der Waals surface area contributed by atoms with Crippen LogP contribution >= 0.6 is 0 Å². The molecule has 3 aromatic rings. The zero-order valence-electron chi connectivity index (χ0n) is 17.9. The van der Waals surface area contributed by atoms with Crippen LogP contribution in [0.15, 0.2) is 84.9 Å². The Bertz CT molecular complexity index is 1040. The van der Waals surface area contributed by atoms with Crippen molar-refractivity contribution in [2.45, 2.75) is 0 Å². The highest BCUT2D eigenvalue weighted by Crippen LogP contribution is 2.20. The van der Waals surface area contributed by atoms with Crippen LogP contribution in [0.5, 0.6) is 11.5 Å². The molecule has 162 valence electrons. The summed E-state index contributed by atoms with van der Waals surface area (Å²) in [5.41, 5.74) is 2.85. The number of anilines is 2. The van der Waals surface area contributed by atoms with Crippen molar-refractivity contribution >= 4 is 35.3 Å². The maximum atomic E-state index is 12.2. The molecule has 0 aromatic heterocycles. The number of rotatable bonds is 8. The second-order valence-electron chi connectivity index (χ2n) is 6.71. The normalized spacial score (nSPS) is 10.8. The van der Waals surface area contributed by atoms with Gasteiger partial charge in [-0.05, 0) is 48.6 Å². The van der Waals surface area contributed by atoms with Crippen LogP contribution in [0.2, 0.25) is 0 Å². The van der Waals surface area contributed by atoms with Crippen LogP contribution in [0.4, 0.5) is 11.4 Å². The standard InChI is InChI=1S/C26H24N2O4/c1-31-23-9-5-3-7-19(23)11-17-25(29)27-21-13-15-22(16-14-21)28-26(30)18-12-20-8-4-6-10-24(20)32-2/h3-18H,1-2H3,(H,27,29)(H,28,30). The molecular formula is C26H24N2O4. The molecule has 2 amide bonds. The summed E-state index contributed by atoms with van der Waals surface area (Å²) in [5, 5.41) is 5.56. The predicted molar refractivity (Wildman–Crippen MR) is 128 cm³/mol. The first kappa shape index (κ1) is 22.4. The Kier molecular flexibility index (Phi) is 7.81. The maximum absolute atomic E-state index is 12.2. The first-order valence-corrected chi connectivity index (χ1v) is 9.93. The number of methoxy groups -OCH3 is 2. The first-order valence-electron chi connectivity index (χ1n) is 9.93. The number of nitrogens with one attached hydrogen (secondary N) is 2. The van der Waals surface area contributed by atoms with Gasteiger partial charge in [-0.25, -0.2) is 0 Å². The zero-order chi connectivity index (χ0) is 22.8. The predicted octanol–water partition coefficient (Wildman–Crippen LogP) is 5.01. The Labute approximate surface area is 187 Å². The smallest absolute Gasteiger partial charge is 0.248 e. The quantitative estimate of drug-likeness (QED) is 0.495. The van der Waals surface area contributed by atoms with E-state index in [9.17, 15) is 9.59 Å². The van der Waals surface area contributed by atoms with Gasteiger partial charge in [0.15, 0.2) is 0 Å². The molecule has 0 aliphatic carbocycles. The number of hydrogen-bond acceptors (Lipinski definition) is 4. The van der Waals surface area contributed by atoms with Crippen molar-refractivity contribution in [3.05, 3.63) is 96.1 Å². The molecule has 0 heterocycles. The highest BCUT2D eigenvalue weighted by Gasteiger charge is 2.03. The van der Waals surface area contributed by atoms with Crippen molar-refractivity contribution in [2.24, 2.45) is 0 Å². The second kappa shape index (κ2) is 11.2. The van der Waals surface area contributed by atoms with Crippen LogP contribution < -0.4 is 20.1 Å². The number of carbonyl (C=O) groups is 2. The molecule has 0 aliphatic heterocycles. The fourth-order valence-corrected chi connectivity index (χ4v) is 2.94. The lowest BCUT2D eigenvalue weighted by molar-refractivity contribution is -0.112. The summed E-state index contributed by atoms with van der Waals surface area (Å²) in [6.45, 7) is 0. The molecule has 0 aliphatic rings. The minimum absolute atomic E-state index is 0.271. The van der Waals surface area contributed by atoms with Crippen LogP contribution in [0.3, 0.4) is 0 Å². The third kappa shape index (κ3) is 6.34. The van der Waals surface area contributed by atoms with Gasteiger partial charge in [-0.1, -0.05) is 36.4 Å². The fourth-order valence-electron chi connectivity index (χ4n) is 2.94. The summed E-state index contributed by atoms with van der Waals surface area (Å²) in [6, 6.07) is 21.7. The molecule has 6 nitrogen and oxygen atoms in total. The van der Waals surface area contributed by atoms with E-state index in [4.69, 9.17) is 9.47 Å².